The Morgan fingerprint density at radius 2 is 2.30 bits per heavy atom. The molecule has 20 heavy (non-hydrogen) atoms. The van der Waals surface area contributed by atoms with E-state index in [0.717, 1.165) is 29.8 Å². The number of rotatable bonds is 2. The van der Waals surface area contributed by atoms with Gasteiger partial charge in [-0.05, 0) is 12.1 Å². The summed E-state index contributed by atoms with van der Waals surface area (Å²) in [5.74, 6) is 0.0802. The molecule has 1 aliphatic heterocycles. The second-order valence-corrected chi connectivity index (χ2v) is 4.48. The zero-order valence-electron chi connectivity index (χ0n) is 11.1. The summed E-state index contributed by atoms with van der Waals surface area (Å²) in [5, 5.41) is 3.22. The van der Waals surface area contributed by atoms with Crippen LogP contribution in [-0.4, -0.2) is 34.6 Å². The van der Waals surface area contributed by atoms with Crippen LogP contribution >= 0.6 is 0 Å². The standard InChI is InChI=1S/C14H14N4O2/c1-20-14(19)12-10-8-16-6-4-11(10)17-13(18-12)9-3-2-5-15-7-9/h2-3,5,7,16H,4,6,8H2,1H3. The lowest BCUT2D eigenvalue weighted by Gasteiger charge is -2.19. The Labute approximate surface area is 116 Å². The van der Waals surface area contributed by atoms with Gasteiger partial charge in [-0.2, -0.15) is 0 Å². The summed E-state index contributed by atoms with van der Waals surface area (Å²) >= 11 is 0. The summed E-state index contributed by atoms with van der Waals surface area (Å²) in [7, 11) is 1.36. The van der Waals surface area contributed by atoms with Gasteiger partial charge < -0.3 is 10.1 Å². The third-order valence-corrected chi connectivity index (χ3v) is 3.23. The zero-order chi connectivity index (χ0) is 13.9. The Bertz CT molecular complexity index is 643. The average molecular weight is 270 g/mol. The van der Waals surface area contributed by atoms with Gasteiger partial charge in [0.2, 0.25) is 0 Å². The monoisotopic (exact) mass is 270 g/mol. The van der Waals surface area contributed by atoms with Gasteiger partial charge in [0, 0.05) is 43.0 Å². The lowest BCUT2D eigenvalue weighted by molar-refractivity contribution is 0.0592. The van der Waals surface area contributed by atoms with Gasteiger partial charge in [0.25, 0.3) is 0 Å². The number of ether oxygens (including phenoxy) is 1. The predicted octanol–water partition coefficient (Wildman–Crippen LogP) is 0.971. The molecule has 6 nitrogen and oxygen atoms in total. The van der Waals surface area contributed by atoms with E-state index in [1.807, 2.05) is 12.1 Å². The Kier molecular flexibility index (Phi) is 3.39. The molecule has 0 spiro atoms. The second-order valence-electron chi connectivity index (χ2n) is 4.48. The molecule has 0 saturated carbocycles. The normalized spacial score (nSPS) is 13.7. The molecule has 1 N–H and O–H groups in total. The molecule has 3 rings (SSSR count). The SMILES string of the molecule is COC(=O)c1nc(-c2cccnc2)nc2c1CNCC2. The van der Waals surface area contributed by atoms with Crippen molar-refractivity contribution >= 4 is 5.97 Å². The Hall–Kier alpha value is -2.34. The van der Waals surface area contributed by atoms with Crippen molar-refractivity contribution in [3.8, 4) is 11.4 Å². The zero-order valence-corrected chi connectivity index (χ0v) is 11.1. The van der Waals surface area contributed by atoms with Crippen molar-refractivity contribution in [2.24, 2.45) is 0 Å². The minimum atomic E-state index is -0.433. The molecule has 0 aliphatic carbocycles. The maximum Gasteiger partial charge on any atom is 0.357 e. The number of pyridine rings is 1. The number of methoxy groups -OCH3 is 1. The van der Waals surface area contributed by atoms with Crippen LogP contribution in [0.25, 0.3) is 11.4 Å². The highest BCUT2D eigenvalue weighted by molar-refractivity contribution is 5.89. The predicted molar refractivity (Wildman–Crippen MR) is 72.0 cm³/mol. The minimum absolute atomic E-state index is 0.337. The molecule has 0 fully saturated rings. The van der Waals surface area contributed by atoms with E-state index in [2.05, 4.69) is 20.3 Å². The van der Waals surface area contributed by atoms with Crippen LogP contribution in [0.4, 0.5) is 0 Å². The first-order valence-corrected chi connectivity index (χ1v) is 6.39. The molecule has 0 radical (unpaired) electrons. The highest BCUT2D eigenvalue weighted by Gasteiger charge is 2.22. The molecule has 0 bridgehead atoms. The van der Waals surface area contributed by atoms with Crippen molar-refractivity contribution in [2.45, 2.75) is 13.0 Å². The van der Waals surface area contributed by atoms with Gasteiger partial charge in [0.1, 0.15) is 0 Å². The van der Waals surface area contributed by atoms with Gasteiger partial charge in [-0.15, -0.1) is 0 Å². The first-order chi connectivity index (χ1) is 9.79. The molecular weight excluding hydrogens is 256 g/mol. The number of nitrogens with zero attached hydrogens (tertiary/aromatic N) is 3. The van der Waals surface area contributed by atoms with Crippen molar-refractivity contribution in [1.29, 1.82) is 0 Å². The van der Waals surface area contributed by atoms with E-state index in [9.17, 15) is 4.79 Å². The Balaban J connectivity index is 2.15. The summed E-state index contributed by atoms with van der Waals surface area (Å²) < 4.78 is 4.82. The minimum Gasteiger partial charge on any atom is -0.464 e. The van der Waals surface area contributed by atoms with Crippen LogP contribution in [0.2, 0.25) is 0 Å². The molecule has 1 aliphatic rings. The second kappa shape index (κ2) is 5.34. The highest BCUT2D eigenvalue weighted by atomic mass is 16.5. The number of hydrogen-bond donors (Lipinski definition) is 1. The largest absolute Gasteiger partial charge is 0.464 e. The summed E-state index contributed by atoms with van der Waals surface area (Å²) in [6.07, 6.45) is 4.14. The van der Waals surface area contributed by atoms with Crippen LogP contribution in [0.15, 0.2) is 24.5 Å². The van der Waals surface area contributed by atoms with Gasteiger partial charge in [0.05, 0.1) is 12.8 Å². The molecule has 6 heteroatoms. The quantitative estimate of drug-likeness (QED) is 0.819. The van der Waals surface area contributed by atoms with E-state index in [0.29, 0.717) is 18.1 Å². The van der Waals surface area contributed by atoms with Gasteiger partial charge >= 0.3 is 5.97 Å². The Morgan fingerprint density at radius 1 is 1.40 bits per heavy atom. The van der Waals surface area contributed by atoms with Crippen molar-refractivity contribution in [2.75, 3.05) is 13.7 Å². The van der Waals surface area contributed by atoms with Crippen LogP contribution in [0, 0.1) is 0 Å². The van der Waals surface area contributed by atoms with Gasteiger partial charge in [-0.25, -0.2) is 14.8 Å². The van der Waals surface area contributed by atoms with Crippen LogP contribution in [-0.2, 0) is 17.7 Å². The number of carbonyl (C=O) groups is 1. The molecule has 3 heterocycles. The molecule has 0 unspecified atom stereocenters. The molecule has 0 aromatic carbocycles. The van der Waals surface area contributed by atoms with E-state index in [1.165, 1.54) is 7.11 Å². The summed E-state index contributed by atoms with van der Waals surface area (Å²) in [4.78, 5) is 24.9. The van der Waals surface area contributed by atoms with Gasteiger partial charge in [-0.1, -0.05) is 0 Å². The third kappa shape index (κ3) is 2.25. The van der Waals surface area contributed by atoms with E-state index < -0.39 is 5.97 Å². The maximum atomic E-state index is 11.9. The van der Waals surface area contributed by atoms with Gasteiger partial charge in [0.15, 0.2) is 11.5 Å². The average Bonchev–Trinajstić information content (AvgIpc) is 2.54. The van der Waals surface area contributed by atoms with Crippen LogP contribution in [0.3, 0.4) is 0 Å². The van der Waals surface area contributed by atoms with Crippen molar-refractivity contribution in [3.05, 3.63) is 41.5 Å². The van der Waals surface area contributed by atoms with Crippen LogP contribution in [0.5, 0.6) is 0 Å². The molecule has 0 saturated heterocycles. The summed E-state index contributed by atoms with van der Waals surface area (Å²) in [6, 6.07) is 3.69. The number of hydrogen-bond acceptors (Lipinski definition) is 6. The molecular formula is C14H14N4O2. The maximum absolute atomic E-state index is 11.9. The smallest absolute Gasteiger partial charge is 0.357 e. The van der Waals surface area contributed by atoms with E-state index in [4.69, 9.17) is 4.74 Å². The summed E-state index contributed by atoms with van der Waals surface area (Å²) in [5.41, 5.74) is 2.86. The van der Waals surface area contributed by atoms with Crippen LogP contribution < -0.4 is 5.32 Å². The lowest BCUT2D eigenvalue weighted by Crippen LogP contribution is -2.28. The highest BCUT2D eigenvalue weighted by Crippen LogP contribution is 2.21. The topological polar surface area (TPSA) is 77.0 Å². The number of aromatic nitrogens is 3. The number of carbonyl (C=O) groups excluding carboxylic acids is 1. The van der Waals surface area contributed by atoms with E-state index in [-0.39, 0.29) is 0 Å². The van der Waals surface area contributed by atoms with Crippen molar-refractivity contribution < 1.29 is 9.53 Å². The fourth-order valence-corrected chi connectivity index (χ4v) is 2.23. The molecule has 0 atom stereocenters. The number of fused-ring (bicyclic) bond motifs is 1. The third-order valence-electron chi connectivity index (χ3n) is 3.23. The Morgan fingerprint density at radius 3 is 3.05 bits per heavy atom. The molecule has 2 aromatic heterocycles. The van der Waals surface area contributed by atoms with Crippen molar-refractivity contribution in [3.63, 3.8) is 0 Å². The fourth-order valence-electron chi connectivity index (χ4n) is 2.23. The lowest BCUT2D eigenvalue weighted by atomic mass is 10.0. The number of esters is 1. The molecule has 0 amide bonds. The first kappa shape index (κ1) is 12.7. The van der Waals surface area contributed by atoms with E-state index >= 15 is 0 Å². The summed E-state index contributed by atoms with van der Waals surface area (Å²) in [6.45, 7) is 1.43. The fraction of sp³-hybridized carbons (Fsp3) is 0.286. The number of nitrogens with one attached hydrogen (secondary N) is 1. The molecule has 2 aromatic rings. The van der Waals surface area contributed by atoms with E-state index in [1.54, 1.807) is 12.4 Å². The first-order valence-electron chi connectivity index (χ1n) is 6.39. The van der Waals surface area contributed by atoms with Crippen molar-refractivity contribution in [1.82, 2.24) is 20.3 Å². The molecule has 102 valence electrons. The van der Waals surface area contributed by atoms with Crippen LogP contribution in [0.1, 0.15) is 21.7 Å². The van der Waals surface area contributed by atoms with Gasteiger partial charge in [-0.3, -0.25) is 4.98 Å².